The summed E-state index contributed by atoms with van der Waals surface area (Å²) in [6.07, 6.45) is 1.63. The minimum absolute atomic E-state index is 0.213. The second kappa shape index (κ2) is 7.42. The highest BCUT2D eigenvalue weighted by Gasteiger charge is 2.11. The number of benzene rings is 2. The molecule has 0 radical (unpaired) electrons. The van der Waals surface area contributed by atoms with Crippen LogP contribution in [0.4, 0.5) is 5.82 Å². The van der Waals surface area contributed by atoms with E-state index in [9.17, 15) is 4.79 Å². The molecule has 0 fully saturated rings. The molecule has 0 aliphatic heterocycles. The molecule has 0 saturated heterocycles. The molecule has 1 N–H and O–H groups in total. The van der Waals surface area contributed by atoms with Gasteiger partial charge < -0.3 is 10.1 Å². The highest BCUT2D eigenvalue weighted by molar-refractivity contribution is 6.04. The van der Waals surface area contributed by atoms with Crippen molar-refractivity contribution in [1.29, 1.82) is 0 Å². The van der Waals surface area contributed by atoms with Crippen LogP contribution in [0.2, 0.25) is 0 Å². The van der Waals surface area contributed by atoms with Gasteiger partial charge in [-0.05, 0) is 42.3 Å². The van der Waals surface area contributed by atoms with Crippen molar-refractivity contribution in [1.82, 2.24) is 4.98 Å². The highest BCUT2D eigenvalue weighted by Crippen LogP contribution is 2.23. The van der Waals surface area contributed by atoms with Gasteiger partial charge in [-0.25, -0.2) is 4.98 Å². The Morgan fingerprint density at radius 3 is 2.54 bits per heavy atom. The van der Waals surface area contributed by atoms with E-state index in [1.807, 2.05) is 49.4 Å². The topological polar surface area (TPSA) is 51.2 Å². The number of hydrogen-bond donors (Lipinski definition) is 1. The van der Waals surface area contributed by atoms with Crippen LogP contribution in [0.25, 0.3) is 0 Å². The maximum atomic E-state index is 12.3. The monoisotopic (exact) mass is 318 g/mol. The average Bonchev–Trinajstić information content (AvgIpc) is 2.63. The number of rotatable bonds is 5. The van der Waals surface area contributed by atoms with E-state index in [1.165, 1.54) is 0 Å². The van der Waals surface area contributed by atoms with Crippen molar-refractivity contribution in [2.24, 2.45) is 0 Å². The minimum atomic E-state index is -0.213. The van der Waals surface area contributed by atoms with E-state index < -0.39 is 0 Å². The average molecular weight is 318 g/mol. The molecule has 3 aromatic rings. The first-order chi connectivity index (χ1) is 11.7. The second-order valence-corrected chi connectivity index (χ2v) is 5.39. The summed E-state index contributed by atoms with van der Waals surface area (Å²) in [5.74, 6) is 0.750. The van der Waals surface area contributed by atoms with Crippen molar-refractivity contribution in [3.8, 4) is 5.75 Å². The van der Waals surface area contributed by atoms with E-state index in [2.05, 4.69) is 10.3 Å². The van der Waals surface area contributed by atoms with Crippen LogP contribution >= 0.6 is 0 Å². The van der Waals surface area contributed by atoms with Gasteiger partial charge in [0, 0.05) is 11.8 Å². The predicted octanol–water partition coefficient (Wildman–Crippen LogP) is 4.22. The Labute approximate surface area is 141 Å². The molecule has 0 aliphatic carbocycles. The summed E-state index contributed by atoms with van der Waals surface area (Å²) in [5.41, 5.74) is 2.84. The summed E-state index contributed by atoms with van der Waals surface area (Å²) >= 11 is 0. The van der Waals surface area contributed by atoms with Crippen LogP contribution in [-0.2, 0) is 6.61 Å². The van der Waals surface area contributed by atoms with Crippen LogP contribution in [0.15, 0.2) is 72.9 Å². The normalized spacial score (nSPS) is 10.2. The standard InChI is InChI=1S/C20H18N2O2/c1-15-8-5-6-11-17(15)14-24-18-12-7-13-21-19(18)22-20(23)16-9-3-2-4-10-16/h2-13H,14H2,1H3,(H,21,22,23). The van der Waals surface area contributed by atoms with Gasteiger partial charge in [0.1, 0.15) is 6.61 Å². The molecule has 4 nitrogen and oxygen atoms in total. The summed E-state index contributed by atoms with van der Waals surface area (Å²) in [6.45, 7) is 2.46. The first-order valence-corrected chi connectivity index (χ1v) is 7.73. The smallest absolute Gasteiger partial charge is 0.256 e. The zero-order valence-corrected chi connectivity index (χ0v) is 13.4. The van der Waals surface area contributed by atoms with Gasteiger partial charge in [-0.15, -0.1) is 0 Å². The zero-order chi connectivity index (χ0) is 16.8. The number of carbonyl (C=O) groups is 1. The maximum absolute atomic E-state index is 12.3. The molecule has 0 spiro atoms. The van der Waals surface area contributed by atoms with Gasteiger partial charge in [0.2, 0.25) is 0 Å². The van der Waals surface area contributed by atoms with Crippen LogP contribution in [-0.4, -0.2) is 10.9 Å². The van der Waals surface area contributed by atoms with Crippen molar-refractivity contribution in [3.63, 3.8) is 0 Å². The Morgan fingerprint density at radius 1 is 1.00 bits per heavy atom. The fraction of sp³-hybridized carbons (Fsp3) is 0.100. The number of nitrogens with zero attached hydrogens (tertiary/aromatic N) is 1. The Morgan fingerprint density at radius 2 is 1.75 bits per heavy atom. The van der Waals surface area contributed by atoms with Crippen molar-refractivity contribution in [2.75, 3.05) is 5.32 Å². The lowest BCUT2D eigenvalue weighted by Crippen LogP contribution is -2.14. The lowest BCUT2D eigenvalue weighted by Gasteiger charge is -2.12. The number of nitrogens with one attached hydrogen (secondary N) is 1. The number of carbonyl (C=O) groups excluding carboxylic acids is 1. The van der Waals surface area contributed by atoms with E-state index in [0.717, 1.165) is 11.1 Å². The van der Waals surface area contributed by atoms with Crippen LogP contribution in [0, 0.1) is 6.92 Å². The molecule has 3 rings (SSSR count). The molecule has 0 unspecified atom stereocenters. The second-order valence-electron chi connectivity index (χ2n) is 5.39. The number of anilines is 1. The highest BCUT2D eigenvalue weighted by atomic mass is 16.5. The van der Waals surface area contributed by atoms with Gasteiger partial charge in [0.25, 0.3) is 5.91 Å². The molecule has 0 bridgehead atoms. The van der Waals surface area contributed by atoms with Crippen LogP contribution in [0.3, 0.4) is 0 Å². The van der Waals surface area contributed by atoms with Gasteiger partial charge in [0.05, 0.1) is 0 Å². The Bertz CT molecular complexity index is 832. The van der Waals surface area contributed by atoms with Gasteiger partial charge in [-0.3, -0.25) is 4.79 Å². The summed E-state index contributed by atoms with van der Waals surface area (Å²) in [6, 6.07) is 20.6. The summed E-state index contributed by atoms with van der Waals surface area (Å²) < 4.78 is 5.86. The Hall–Kier alpha value is -3.14. The summed E-state index contributed by atoms with van der Waals surface area (Å²) in [7, 11) is 0. The molecule has 0 saturated carbocycles. The predicted molar refractivity (Wildman–Crippen MR) is 94.1 cm³/mol. The van der Waals surface area contributed by atoms with Crippen molar-refractivity contribution in [2.45, 2.75) is 13.5 Å². The van der Waals surface area contributed by atoms with Gasteiger partial charge in [-0.1, -0.05) is 42.5 Å². The molecule has 2 aromatic carbocycles. The molecule has 0 atom stereocenters. The summed E-state index contributed by atoms with van der Waals surface area (Å²) in [5, 5.41) is 2.80. The molecule has 0 aliphatic rings. The van der Waals surface area contributed by atoms with Crippen molar-refractivity contribution in [3.05, 3.63) is 89.6 Å². The van der Waals surface area contributed by atoms with Crippen molar-refractivity contribution < 1.29 is 9.53 Å². The van der Waals surface area contributed by atoms with Gasteiger partial charge in [0.15, 0.2) is 11.6 Å². The third-order valence-electron chi connectivity index (χ3n) is 3.68. The molecule has 1 aromatic heterocycles. The largest absolute Gasteiger partial charge is 0.485 e. The molecular formula is C20H18N2O2. The number of aromatic nitrogens is 1. The van der Waals surface area contributed by atoms with E-state index in [1.54, 1.807) is 30.5 Å². The molecular weight excluding hydrogens is 300 g/mol. The van der Waals surface area contributed by atoms with E-state index >= 15 is 0 Å². The quantitative estimate of drug-likeness (QED) is 0.766. The minimum Gasteiger partial charge on any atom is -0.485 e. The molecule has 24 heavy (non-hydrogen) atoms. The Kier molecular flexibility index (Phi) is 4.87. The number of ether oxygens (including phenoxy) is 1. The first kappa shape index (κ1) is 15.7. The van der Waals surface area contributed by atoms with Crippen molar-refractivity contribution >= 4 is 11.7 Å². The van der Waals surface area contributed by atoms with Crippen LogP contribution < -0.4 is 10.1 Å². The lowest BCUT2D eigenvalue weighted by molar-refractivity contribution is 0.102. The number of hydrogen-bond acceptors (Lipinski definition) is 3. The third-order valence-corrected chi connectivity index (χ3v) is 3.68. The number of amides is 1. The van der Waals surface area contributed by atoms with Gasteiger partial charge in [-0.2, -0.15) is 0 Å². The fourth-order valence-electron chi connectivity index (χ4n) is 2.30. The van der Waals surface area contributed by atoms with Gasteiger partial charge >= 0.3 is 0 Å². The molecule has 120 valence electrons. The summed E-state index contributed by atoms with van der Waals surface area (Å²) in [4.78, 5) is 16.5. The molecule has 1 amide bonds. The van der Waals surface area contributed by atoms with Crippen LogP contribution in [0.5, 0.6) is 5.75 Å². The van der Waals surface area contributed by atoms with Crippen LogP contribution in [0.1, 0.15) is 21.5 Å². The number of pyridine rings is 1. The van der Waals surface area contributed by atoms with E-state index in [4.69, 9.17) is 4.74 Å². The van der Waals surface area contributed by atoms with E-state index in [-0.39, 0.29) is 5.91 Å². The fourth-order valence-corrected chi connectivity index (χ4v) is 2.30. The maximum Gasteiger partial charge on any atom is 0.256 e. The third kappa shape index (κ3) is 3.79. The Balaban J connectivity index is 1.74. The molecule has 1 heterocycles. The number of aryl methyl sites for hydroxylation is 1. The SMILES string of the molecule is Cc1ccccc1COc1cccnc1NC(=O)c1ccccc1. The molecule has 4 heteroatoms. The lowest BCUT2D eigenvalue weighted by atomic mass is 10.1. The first-order valence-electron chi connectivity index (χ1n) is 7.73. The zero-order valence-electron chi connectivity index (χ0n) is 13.4. The van der Waals surface area contributed by atoms with E-state index in [0.29, 0.717) is 23.7 Å².